The van der Waals surface area contributed by atoms with Gasteiger partial charge in [-0.3, -0.25) is 0 Å². The molecule has 0 radical (unpaired) electrons. The van der Waals surface area contributed by atoms with Crippen molar-refractivity contribution in [1.29, 1.82) is 5.26 Å². The SMILES string of the molecule is N#Cc1cc(F)c(CNCC2CCC(O)C2)c(F)c1. The van der Waals surface area contributed by atoms with Crippen LogP contribution in [-0.4, -0.2) is 17.8 Å². The molecule has 5 heteroatoms. The summed E-state index contributed by atoms with van der Waals surface area (Å²) in [5, 5.41) is 21.0. The zero-order chi connectivity index (χ0) is 13.8. The third kappa shape index (κ3) is 3.49. The quantitative estimate of drug-likeness (QED) is 0.877. The minimum atomic E-state index is -0.699. The van der Waals surface area contributed by atoms with Crippen LogP contribution in [0.4, 0.5) is 8.78 Å². The molecule has 1 fully saturated rings. The molecule has 1 aliphatic carbocycles. The van der Waals surface area contributed by atoms with E-state index in [1.54, 1.807) is 6.07 Å². The smallest absolute Gasteiger partial charge is 0.131 e. The van der Waals surface area contributed by atoms with Crippen molar-refractivity contribution in [2.45, 2.75) is 31.9 Å². The number of rotatable bonds is 4. The van der Waals surface area contributed by atoms with Gasteiger partial charge in [-0.1, -0.05) is 0 Å². The fourth-order valence-electron chi connectivity index (χ4n) is 2.47. The van der Waals surface area contributed by atoms with Gasteiger partial charge in [-0.25, -0.2) is 8.78 Å². The maximum absolute atomic E-state index is 13.6. The van der Waals surface area contributed by atoms with E-state index in [9.17, 15) is 13.9 Å². The first-order valence-electron chi connectivity index (χ1n) is 6.37. The molecule has 1 aliphatic rings. The molecule has 2 rings (SSSR count). The second-order valence-corrected chi connectivity index (χ2v) is 4.99. The lowest BCUT2D eigenvalue weighted by molar-refractivity contribution is 0.177. The Balaban J connectivity index is 1.91. The molecule has 0 saturated heterocycles. The summed E-state index contributed by atoms with van der Waals surface area (Å²) >= 11 is 0. The molecular formula is C14H16F2N2O. The van der Waals surface area contributed by atoms with Crippen molar-refractivity contribution in [2.75, 3.05) is 6.54 Å². The maximum atomic E-state index is 13.6. The lowest BCUT2D eigenvalue weighted by Gasteiger charge is -2.12. The molecule has 0 bridgehead atoms. The largest absolute Gasteiger partial charge is 0.393 e. The number of nitriles is 1. The number of nitrogens with one attached hydrogen (secondary N) is 1. The average molecular weight is 266 g/mol. The Labute approximate surface area is 110 Å². The molecule has 0 amide bonds. The number of aliphatic hydroxyl groups excluding tert-OH is 1. The van der Waals surface area contributed by atoms with Crippen molar-refractivity contribution < 1.29 is 13.9 Å². The second-order valence-electron chi connectivity index (χ2n) is 4.99. The standard InChI is InChI=1S/C14H16F2N2O/c15-13-4-10(6-17)5-14(16)12(13)8-18-7-9-1-2-11(19)3-9/h4-5,9,11,18-19H,1-3,7-8H2. The van der Waals surface area contributed by atoms with Crippen LogP contribution < -0.4 is 5.32 Å². The average Bonchev–Trinajstić information content (AvgIpc) is 2.78. The number of nitrogens with zero attached hydrogens (tertiary/aromatic N) is 1. The highest BCUT2D eigenvalue weighted by Gasteiger charge is 2.22. The van der Waals surface area contributed by atoms with Gasteiger partial charge in [0.2, 0.25) is 0 Å². The first kappa shape index (κ1) is 13.9. The molecule has 1 saturated carbocycles. The third-order valence-corrected chi connectivity index (χ3v) is 3.52. The summed E-state index contributed by atoms with van der Waals surface area (Å²) in [5.74, 6) is -1.04. The summed E-state index contributed by atoms with van der Waals surface area (Å²) in [5.41, 5.74) is -0.0600. The van der Waals surface area contributed by atoms with Gasteiger partial charge in [0.15, 0.2) is 0 Å². The van der Waals surface area contributed by atoms with E-state index >= 15 is 0 Å². The molecule has 0 spiro atoms. The van der Waals surface area contributed by atoms with E-state index in [-0.39, 0.29) is 23.8 Å². The molecule has 3 nitrogen and oxygen atoms in total. The van der Waals surface area contributed by atoms with Gasteiger partial charge in [-0.15, -0.1) is 0 Å². The van der Waals surface area contributed by atoms with Crippen LogP contribution in [0.15, 0.2) is 12.1 Å². The number of halogens is 2. The van der Waals surface area contributed by atoms with Crippen LogP contribution in [0.5, 0.6) is 0 Å². The summed E-state index contributed by atoms with van der Waals surface area (Å²) < 4.78 is 27.2. The minimum absolute atomic E-state index is 0.0161. The van der Waals surface area contributed by atoms with Gasteiger partial charge in [-0.05, 0) is 43.9 Å². The monoisotopic (exact) mass is 266 g/mol. The minimum Gasteiger partial charge on any atom is -0.393 e. The van der Waals surface area contributed by atoms with Gasteiger partial charge in [-0.2, -0.15) is 5.26 Å². The van der Waals surface area contributed by atoms with Gasteiger partial charge in [0.1, 0.15) is 11.6 Å². The predicted molar refractivity (Wildman–Crippen MR) is 66.1 cm³/mol. The van der Waals surface area contributed by atoms with E-state index < -0.39 is 11.6 Å². The van der Waals surface area contributed by atoms with Gasteiger partial charge >= 0.3 is 0 Å². The lowest BCUT2D eigenvalue weighted by atomic mass is 10.1. The fraction of sp³-hybridized carbons (Fsp3) is 0.500. The zero-order valence-electron chi connectivity index (χ0n) is 10.5. The van der Waals surface area contributed by atoms with Crippen LogP contribution in [0.2, 0.25) is 0 Å². The van der Waals surface area contributed by atoms with E-state index in [2.05, 4.69) is 5.32 Å². The topological polar surface area (TPSA) is 56.0 Å². The Morgan fingerprint density at radius 3 is 2.53 bits per heavy atom. The molecule has 1 aromatic carbocycles. The van der Waals surface area contributed by atoms with Crippen LogP contribution in [0.3, 0.4) is 0 Å². The summed E-state index contributed by atoms with van der Waals surface area (Å²) in [6, 6.07) is 3.80. The molecule has 0 aromatic heterocycles. The molecule has 0 heterocycles. The summed E-state index contributed by atoms with van der Waals surface area (Å²) in [6.07, 6.45) is 2.24. The molecule has 2 N–H and O–H groups in total. The number of aliphatic hydroxyl groups is 1. The van der Waals surface area contributed by atoms with Gasteiger partial charge < -0.3 is 10.4 Å². The van der Waals surface area contributed by atoms with Crippen LogP contribution >= 0.6 is 0 Å². The Kier molecular flexibility index (Phi) is 4.46. The van der Waals surface area contributed by atoms with Gasteiger partial charge in [0.05, 0.1) is 17.7 Å². The van der Waals surface area contributed by atoms with Crippen molar-refractivity contribution in [3.8, 4) is 6.07 Å². The highest BCUT2D eigenvalue weighted by Crippen LogP contribution is 2.24. The molecule has 2 atom stereocenters. The van der Waals surface area contributed by atoms with Gasteiger partial charge in [0.25, 0.3) is 0 Å². The highest BCUT2D eigenvalue weighted by molar-refractivity contribution is 5.34. The Hall–Kier alpha value is -1.51. The summed E-state index contributed by atoms with van der Waals surface area (Å²) in [4.78, 5) is 0. The highest BCUT2D eigenvalue weighted by atomic mass is 19.1. The first-order chi connectivity index (χ1) is 9.10. The van der Waals surface area contributed by atoms with E-state index in [4.69, 9.17) is 5.26 Å². The number of hydrogen-bond acceptors (Lipinski definition) is 3. The molecule has 0 aliphatic heterocycles. The van der Waals surface area contributed by atoms with Crippen LogP contribution in [-0.2, 0) is 6.54 Å². The number of hydrogen-bond donors (Lipinski definition) is 2. The van der Waals surface area contributed by atoms with E-state index in [1.807, 2.05) is 0 Å². The van der Waals surface area contributed by atoms with Crippen molar-refractivity contribution in [1.82, 2.24) is 5.32 Å². The van der Waals surface area contributed by atoms with Crippen molar-refractivity contribution in [3.05, 3.63) is 34.9 Å². The Bertz CT molecular complexity index is 476. The second kappa shape index (κ2) is 6.09. The van der Waals surface area contributed by atoms with Crippen molar-refractivity contribution >= 4 is 0 Å². The van der Waals surface area contributed by atoms with Crippen LogP contribution in [0.25, 0.3) is 0 Å². The van der Waals surface area contributed by atoms with E-state index in [0.717, 1.165) is 31.4 Å². The lowest BCUT2D eigenvalue weighted by Crippen LogP contribution is -2.22. The molecule has 2 unspecified atom stereocenters. The van der Waals surface area contributed by atoms with Crippen LogP contribution in [0.1, 0.15) is 30.4 Å². The normalized spacial score (nSPS) is 22.4. The molecule has 1 aromatic rings. The molecular weight excluding hydrogens is 250 g/mol. The van der Waals surface area contributed by atoms with Crippen LogP contribution in [0, 0.1) is 28.9 Å². The fourth-order valence-corrected chi connectivity index (χ4v) is 2.47. The van der Waals surface area contributed by atoms with E-state index in [1.165, 1.54) is 0 Å². The third-order valence-electron chi connectivity index (χ3n) is 3.52. The van der Waals surface area contributed by atoms with Crippen molar-refractivity contribution in [2.24, 2.45) is 5.92 Å². The Morgan fingerprint density at radius 1 is 1.32 bits per heavy atom. The number of benzene rings is 1. The summed E-state index contributed by atoms with van der Waals surface area (Å²) in [7, 11) is 0. The van der Waals surface area contributed by atoms with E-state index in [0.29, 0.717) is 12.5 Å². The predicted octanol–water partition coefficient (Wildman–Crippen LogP) is 2.09. The Morgan fingerprint density at radius 2 is 2.00 bits per heavy atom. The molecule has 19 heavy (non-hydrogen) atoms. The summed E-state index contributed by atoms with van der Waals surface area (Å²) in [6.45, 7) is 0.728. The van der Waals surface area contributed by atoms with Crippen molar-refractivity contribution in [3.63, 3.8) is 0 Å². The van der Waals surface area contributed by atoms with Gasteiger partial charge in [0, 0.05) is 12.1 Å². The zero-order valence-corrected chi connectivity index (χ0v) is 10.5. The molecule has 102 valence electrons. The maximum Gasteiger partial charge on any atom is 0.131 e. The first-order valence-corrected chi connectivity index (χ1v) is 6.37.